The van der Waals surface area contributed by atoms with Gasteiger partial charge in [-0.2, -0.15) is 0 Å². The van der Waals surface area contributed by atoms with Gasteiger partial charge in [-0.15, -0.1) is 0 Å². The summed E-state index contributed by atoms with van der Waals surface area (Å²) in [5, 5.41) is 0. The molecule has 159 valence electrons. The van der Waals surface area contributed by atoms with Crippen molar-refractivity contribution in [2.24, 2.45) is 0 Å². The first-order chi connectivity index (χ1) is 14.2. The van der Waals surface area contributed by atoms with Gasteiger partial charge in [0.15, 0.2) is 0 Å². The predicted octanol–water partition coefficient (Wildman–Crippen LogP) is 7.71. The molecule has 2 aliphatic rings. The Balaban J connectivity index is 1.94. The Bertz CT molecular complexity index is 966. The van der Waals surface area contributed by atoms with Gasteiger partial charge in [-0.05, 0) is 0 Å². The molecule has 2 aliphatic carbocycles. The molecular weight excluding hydrogens is 456 g/mol. The molecule has 0 saturated carbocycles. The van der Waals surface area contributed by atoms with Crippen LogP contribution in [0.1, 0.15) is 82.9 Å². The topological polar surface area (TPSA) is 0 Å². The molecule has 0 radical (unpaired) electrons. The van der Waals surface area contributed by atoms with Crippen molar-refractivity contribution >= 4 is 18.5 Å². The van der Waals surface area contributed by atoms with Crippen LogP contribution in [0.2, 0.25) is 9.26 Å². The third-order valence-corrected chi connectivity index (χ3v) is 28.7. The Morgan fingerprint density at radius 1 is 0.700 bits per heavy atom. The van der Waals surface area contributed by atoms with Gasteiger partial charge in [0.05, 0.1) is 0 Å². The second kappa shape index (κ2) is 7.86. The average Bonchev–Trinajstić information content (AvgIpc) is 3.15. The molecule has 0 spiro atoms. The molecule has 30 heavy (non-hydrogen) atoms. The van der Waals surface area contributed by atoms with Crippen molar-refractivity contribution in [2.45, 2.75) is 69.9 Å². The Labute approximate surface area is 187 Å². The molecule has 2 atom stereocenters. The first-order valence-electron chi connectivity index (χ1n) is 12.0. The maximum absolute atomic E-state index is 3.22. The summed E-state index contributed by atoms with van der Waals surface area (Å²) in [6, 6.07) is 18.8. The van der Waals surface area contributed by atoms with Crippen molar-refractivity contribution < 1.29 is 17.9 Å². The quantitative estimate of drug-likeness (QED) is 0.361. The zero-order chi connectivity index (χ0) is 21.7. The molecule has 0 fully saturated rings. The van der Waals surface area contributed by atoms with Crippen LogP contribution in [0, 0.1) is 0 Å². The predicted molar refractivity (Wildman–Crippen MR) is 135 cm³/mol. The molecule has 0 aromatic heterocycles. The van der Waals surface area contributed by atoms with Gasteiger partial charge in [0.25, 0.3) is 0 Å². The normalized spacial score (nSPS) is 22.3. The molecular formula is C28H39SiZr. The standard InChI is InChI=1S/2C13H15.2CH3.H3Si.Zr/c2*1-3-6-12-10(2)9-11-7-4-5-8-13(11)12;;;;/h2*4-5,7-9H,3,6H2,1-2H3;3*1H3;. The first-order valence-corrected chi connectivity index (χ1v) is 28.1. The van der Waals surface area contributed by atoms with Crippen molar-refractivity contribution in [1.82, 2.24) is 0 Å². The third-order valence-electron chi connectivity index (χ3n) is 8.08. The zero-order valence-corrected chi connectivity index (χ0v) is 24.6. The van der Waals surface area contributed by atoms with Crippen molar-refractivity contribution in [2.75, 3.05) is 0 Å². The van der Waals surface area contributed by atoms with Gasteiger partial charge in [-0.1, -0.05) is 0 Å². The van der Waals surface area contributed by atoms with Crippen molar-refractivity contribution in [3.05, 3.63) is 81.9 Å². The second-order valence-electron chi connectivity index (χ2n) is 11.3. The molecule has 0 saturated heterocycles. The van der Waals surface area contributed by atoms with Crippen LogP contribution in [0.15, 0.2) is 59.7 Å². The number of hydrogen-bond acceptors (Lipinski definition) is 0. The van der Waals surface area contributed by atoms with E-state index in [0.29, 0.717) is 7.25 Å². The van der Waals surface area contributed by atoms with E-state index in [1.165, 1.54) is 33.1 Å². The number of fused-ring (bicyclic) bond motifs is 2. The maximum atomic E-state index is 2.81. The van der Waals surface area contributed by atoms with Crippen LogP contribution in [0.5, 0.6) is 0 Å². The summed E-state index contributed by atoms with van der Waals surface area (Å²) in [6.45, 7) is 9.64. The van der Waals surface area contributed by atoms with Crippen LogP contribution in [-0.4, -0.2) is 7.37 Å². The summed E-state index contributed by atoms with van der Waals surface area (Å²) >= 11 is -3.22. The molecule has 0 amide bonds. The molecule has 0 bridgehead atoms. The van der Waals surface area contributed by atoms with Crippen LogP contribution in [0.4, 0.5) is 0 Å². The van der Waals surface area contributed by atoms with Gasteiger partial charge in [0, 0.05) is 0 Å². The zero-order valence-electron chi connectivity index (χ0n) is 20.1. The van der Waals surface area contributed by atoms with Gasteiger partial charge in [-0.25, -0.2) is 0 Å². The van der Waals surface area contributed by atoms with Gasteiger partial charge >= 0.3 is 188 Å². The van der Waals surface area contributed by atoms with E-state index in [-0.39, 0.29) is 0 Å². The minimum absolute atomic E-state index is 0.699. The van der Waals surface area contributed by atoms with E-state index in [4.69, 9.17) is 0 Å². The first kappa shape index (κ1) is 22.2. The molecule has 0 N–H and O–H groups in total. The van der Waals surface area contributed by atoms with Crippen LogP contribution >= 0.6 is 0 Å². The Morgan fingerprint density at radius 3 is 1.43 bits per heavy atom. The van der Waals surface area contributed by atoms with E-state index in [2.05, 4.69) is 85.5 Å². The summed E-state index contributed by atoms with van der Waals surface area (Å²) in [6.07, 6.45) is 4.92. The van der Waals surface area contributed by atoms with Gasteiger partial charge in [-0.3, -0.25) is 0 Å². The van der Waals surface area contributed by atoms with Crippen molar-refractivity contribution in [3.8, 4) is 0 Å². The van der Waals surface area contributed by atoms with Crippen LogP contribution < -0.4 is 0 Å². The number of hydrogen-bond donors (Lipinski definition) is 0. The molecule has 2 aromatic carbocycles. The van der Waals surface area contributed by atoms with Crippen molar-refractivity contribution in [1.29, 1.82) is 0 Å². The number of rotatable bonds is 6. The molecule has 0 nitrogen and oxygen atoms in total. The van der Waals surface area contributed by atoms with Gasteiger partial charge < -0.3 is 0 Å². The fourth-order valence-electron chi connectivity index (χ4n) is 7.28. The van der Waals surface area contributed by atoms with E-state index in [1.54, 1.807) is 44.5 Å². The Morgan fingerprint density at radius 2 is 1.07 bits per heavy atom. The summed E-state index contributed by atoms with van der Waals surface area (Å²) in [7, 11) is 1.34. The van der Waals surface area contributed by atoms with Crippen LogP contribution in [0.3, 0.4) is 0 Å². The van der Waals surface area contributed by atoms with Gasteiger partial charge in [0.1, 0.15) is 0 Å². The van der Waals surface area contributed by atoms with E-state index in [9.17, 15) is 0 Å². The van der Waals surface area contributed by atoms with Gasteiger partial charge in [0.2, 0.25) is 0 Å². The van der Waals surface area contributed by atoms with Crippen LogP contribution in [0.25, 0.3) is 11.1 Å². The van der Waals surface area contributed by atoms with E-state index in [0.717, 1.165) is 0 Å². The SMILES string of the molecule is CCCC1=C(C)[CH]([Zr]([CH3])([CH3])([SiH3])[CH]2C(C)=C(CCC)c3ccccc32)c2ccccc21. The second-order valence-corrected chi connectivity index (χ2v) is 49.5. The third kappa shape index (κ3) is 3.25. The fraction of sp³-hybridized carbons (Fsp3) is 0.429. The van der Waals surface area contributed by atoms with E-state index < -0.39 is 17.9 Å². The average molecular weight is 495 g/mol. The van der Waals surface area contributed by atoms with E-state index >= 15 is 0 Å². The summed E-state index contributed by atoms with van der Waals surface area (Å²) in [5.74, 6) is 0. The monoisotopic (exact) mass is 493 g/mol. The summed E-state index contributed by atoms with van der Waals surface area (Å²) in [4.78, 5) is 0. The Kier molecular flexibility index (Phi) is 5.82. The fourth-order valence-corrected chi connectivity index (χ4v) is 32.1. The molecule has 4 rings (SSSR count). The van der Waals surface area contributed by atoms with E-state index in [1.807, 2.05) is 0 Å². The molecule has 2 aromatic rings. The molecule has 0 aliphatic heterocycles. The summed E-state index contributed by atoms with van der Waals surface area (Å²) in [5.41, 5.74) is 13.2. The Hall–Kier alpha value is -0.980. The van der Waals surface area contributed by atoms with Crippen LogP contribution in [-0.2, 0) is 17.9 Å². The van der Waals surface area contributed by atoms with Crippen molar-refractivity contribution in [3.63, 3.8) is 0 Å². The number of allylic oxidation sites excluding steroid dienone is 4. The number of benzene rings is 2. The minimum atomic E-state index is -3.22. The molecule has 0 heterocycles. The summed E-state index contributed by atoms with van der Waals surface area (Å²) < 4.78 is 7.02. The molecule has 2 heteroatoms. The molecule has 2 unspecified atom stereocenters.